The van der Waals surface area contributed by atoms with Crippen LogP contribution < -0.4 is 9.46 Å². The summed E-state index contributed by atoms with van der Waals surface area (Å²) in [5, 5.41) is 9.13. The van der Waals surface area contributed by atoms with Crippen LogP contribution in [0.25, 0.3) is 0 Å². The Balaban J connectivity index is 3.11. The third-order valence-electron chi connectivity index (χ3n) is 3.12. The molecule has 0 aliphatic heterocycles. The molecule has 0 radical (unpaired) electrons. The molecule has 0 spiro atoms. The molecule has 0 fully saturated rings. The molecule has 1 atom stereocenters. The third-order valence-corrected chi connectivity index (χ3v) is 5.48. The van der Waals surface area contributed by atoms with Crippen LogP contribution in [0.5, 0.6) is 5.75 Å². The van der Waals surface area contributed by atoms with Crippen LogP contribution in [0.4, 0.5) is 0 Å². The van der Waals surface area contributed by atoms with E-state index >= 15 is 0 Å². The van der Waals surface area contributed by atoms with E-state index in [-0.39, 0.29) is 24.0 Å². The molecule has 1 rings (SSSR count). The molecular formula is C14H23NO4S2. The van der Waals surface area contributed by atoms with E-state index in [1.165, 1.54) is 13.2 Å². The number of thioether (sulfide) groups is 1. The van der Waals surface area contributed by atoms with Crippen molar-refractivity contribution < 1.29 is 18.3 Å². The van der Waals surface area contributed by atoms with Gasteiger partial charge in [0.05, 0.1) is 12.0 Å². The number of hydrogen-bond donors (Lipinski definition) is 2. The van der Waals surface area contributed by atoms with Gasteiger partial charge in [0.2, 0.25) is 10.0 Å². The summed E-state index contributed by atoms with van der Waals surface area (Å²) in [5.41, 5.74) is 0.559. The van der Waals surface area contributed by atoms with Crippen LogP contribution in [0, 0.1) is 0 Å². The smallest absolute Gasteiger partial charge is 0.241 e. The molecule has 0 aliphatic rings. The Morgan fingerprint density at radius 3 is 2.67 bits per heavy atom. The fourth-order valence-corrected chi connectivity index (χ4v) is 4.38. The van der Waals surface area contributed by atoms with Crippen LogP contribution in [0.15, 0.2) is 23.1 Å². The van der Waals surface area contributed by atoms with Gasteiger partial charge in [-0.05, 0) is 42.9 Å². The number of nitrogens with one attached hydrogen (secondary N) is 1. The van der Waals surface area contributed by atoms with Gasteiger partial charge in [-0.3, -0.25) is 0 Å². The van der Waals surface area contributed by atoms with Gasteiger partial charge in [0.1, 0.15) is 5.75 Å². The summed E-state index contributed by atoms with van der Waals surface area (Å²) in [6.07, 6.45) is 2.94. The van der Waals surface area contributed by atoms with Crippen molar-refractivity contribution in [2.45, 2.75) is 30.7 Å². The molecule has 0 aliphatic carbocycles. The van der Waals surface area contributed by atoms with Crippen LogP contribution in [0.2, 0.25) is 0 Å². The fraction of sp³-hybridized carbons (Fsp3) is 0.571. The minimum absolute atomic E-state index is 0.103. The molecule has 0 bridgehead atoms. The number of rotatable bonds is 9. The standard InChI is InChI=1S/C14H23NO4S2/c1-4-12(10-20-3)15-21(17,18)14-6-5-13(19-2)9-11(14)7-8-16/h5-6,9,12,15-16H,4,7-8,10H2,1-3H3. The van der Waals surface area contributed by atoms with Gasteiger partial charge >= 0.3 is 0 Å². The van der Waals surface area contributed by atoms with Crippen molar-refractivity contribution in [1.82, 2.24) is 4.72 Å². The lowest BCUT2D eigenvalue weighted by atomic mass is 10.1. The number of ether oxygens (including phenoxy) is 1. The number of methoxy groups -OCH3 is 1. The number of benzene rings is 1. The van der Waals surface area contributed by atoms with Crippen LogP contribution in [-0.4, -0.2) is 45.3 Å². The molecule has 0 aromatic heterocycles. The van der Waals surface area contributed by atoms with E-state index in [1.54, 1.807) is 23.9 Å². The molecule has 21 heavy (non-hydrogen) atoms. The normalized spacial score (nSPS) is 13.1. The van der Waals surface area contributed by atoms with E-state index in [4.69, 9.17) is 9.84 Å². The Hall–Kier alpha value is -0.760. The average Bonchev–Trinajstić information content (AvgIpc) is 2.46. The average molecular weight is 333 g/mol. The number of aliphatic hydroxyl groups excluding tert-OH is 1. The van der Waals surface area contributed by atoms with E-state index in [1.807, 2.05) is 13.2 Å². The van der Waals surface area contributed by atoms with Crippen molar-refractivity contribution >= 4 is 21.8 Å². The predicted molar refractivity (Wildman–Crippen MR) is 86.6 cm³/mol. The maximum atomic E-state index is 12.5. The van der Waals surface area contributed by atoms with Gasteiger partial charge in [-0.2, -0.15) is 11.8 Å². The first-order valence-electron chi connectivity index (χ1n) is 6.77. The Kier molecular flexibility index (Phi) is 7.51. The second-order valence-corrected chi connectivity index (χ2v) is 7.22. The Bertz CT molecular complexity index is 546. The lowest BCUT2D eigenvalue weighted by Crippen LogP contribution is -2.36. The topological polar surface area (TPSA) is 75.6 Å². The summed E-state index contributed by atoms with van der Waals surface area (Å²) in [6, 6.07) is 4.69. The maximum absolute atomic E-state index is 12.5. The number of sulfonamides is 1. The van der Waals surface area contributed by atoms with E-state index < -0.39 is 10.0 Å². The second-order valence-electron chi connectivity index (χ2n) is 4.63. The first-order chi connectivity index (χ1) is 9.98. The largest absolute Gasteiger partial charge is 0.497 e. The predicted octanol–water partition coefficient (Wildman–Crippen LogP) is 1.65. The zero-order chi connectivity index (χ0) is 15.9. The number of aliphatic hydroxyl groups is 1. The van der Waals surface area contributed by atoms with Crippen molar-refractivity contribution in [2.24, 2.45) is 0 Å². The van der Waals surface area contributed by atoms with Gasteiger partial charge in [0.25, 0.3) is 0 Å². The molecule has 7 heteroatoms. The zero-order valence-corrected chi connectivity index (χ0v) is 14.3. The Morgan fingerprint density at radius 1 is 1.43 bits per heavy atom. The van der Waals surface area contributed by atoms with Crippen molar-refractivity contribution in [3.8, 4) is 5.75 Å². The van der Waals surface area contributed by atoms with E-state index in [0.29, 0.717) is 11.3 Å². The van der Waals surface area contributed by atoms with Crippen molar-refractivity contribution in [2.75, 3.05) is 25.7 Å². The summed E-state index contributed by atoms with van der Waals surface area (Å²) in [7, 11) is -2.08. The molecule has 5 nitrogen and oxygen atoms in total. The Labute approximate surface area is 131 Å². The van der Waals surface area contributed by atoms with Gasteiger partial charge in [-0.15, -0.1) is 0 Å². The molecule has 0 saturated carbocycles. The third kappa shape index (κ3) is 5.18. The fourth-order valence-electron chi connectivity index (χ4n) is 1.98. The van der Waals surface area contributed by atoms with Gasteiger partial charge in [-0.1, -0.05) is 6.92 Å². The van der Waals surface area contributed by atoms with Gasteiger partial charge in [-0.25, -0.2) is 13.1 Å². The van der Waals surface area contributed by atoms with Crippen LogP contribution in [0.1, 0.15) is 18.9 Å². The lowest BCUT2D eigenvalue weighted by Gasteiger charge is -2.18. The highest BCUT2D eigenvalue weighted by molar-refractivity contribution is 7.98. The van der Waals surface area contributed by atoms with Crippen molar-refractivity contribution in [3.05, 3.63) is 23.8 Å². The van der Waals surface area contributed by atoms with Crippen LogP contribution in [-0.2, 0) is 16.4 Å². The zero-order valence-electron chi connectivity index (χ0n) is 12.6. The highest BCUT2D eigenvalue weighted by atomic mass is 32.2. The summed E-state index contributed by atoms with van der Waals surface area (Å²) in [5.74, 6) is 1.30. The molecule has 120 valence electrons. The van der Waals surface area contributed by atoms with Crippen LogP contribution >= 0.6 is 11.8 Å². The lowest BCUT2D eigenvalue weighted by molar-refractivity contribution is 0.298. The van der Waals surface area contributed by atoms with Gasteiger partial charge < -0.3 is 9.84 Å². The first kappa shape index (κ1) is 18.3. The van der Waals surface area contributed by atoms with Gasteiger partial charge in [0.15, 0.2) is 0 Å². The van der Waals surface area contributed by atoms with Gasteiger partial charge in [0, 0.05) is 18.4 Å². The number of hydrogen-bond acceptors (Lipinski definition) is 5. The minimum atomic E-state index is -3.60. The molecule has 1 aromatic rings. The monoisotopic (exact) mass is 333 g/mol. The first-order valence-corrected chi connectivity index (χ1v) is 9.65. The molecule has 1 aromatic carbocycles. The SMILES string of the molecule is CCC(CSC)NS(=O)(=O)c1ccc(OC)cc1CCO. The summed E-state index contributed by atoms with van der Waals surface area (Å²) < 4.78 is 32.9. The quantitative estimate of drug-likeness (QED) is 0.719. The Morgan fingerprint density at radius 2 is 2.14 bits per heavy atom. The minimum Gasteiger partial charge on any atom is -0.497 e. The second kappa shape index (κ2) is 8.63. The van der Waals surface area contributed by atoms with E-state index in [2.05, 4.69) is 4.72 Å². The van der Waals surface area contributed by atoms with E-state index in [0.717, 1.165) is 12.2 Å². The summed E-state index contributed by atoms with van der Waals surface area (Å²) >= 11 is 1.60. The molecule has 2 N–H and O–H groups in total. The molecule has 1 unspecified atom stereocenters. The highest BCUT2D eigenvalue weighted by Crippen LogP contribution is 2.23. The highest BCUT2D eigenvalue weighted by Gasteiger charge is 2.22. The van der Waals surface area contributed by atoms with Crippen molar-refractivity contribution in [3.63, 3.8) is 0 Å². The molecular weight excluding hydrogens is 310 g/mol. The molecule has 0 saturated heterocycles. The summed E-state index contributed by atoms with van der Waals surface area (Å²) in [4.78, 5) is 0.205. The molecule has 0 amide bonds. The van der Waals surface area contributed by atoms with Crippen LogP contribution in [0.3, 0.4) is 0 Å². The van der Waals surface area contributed by atoms with E-state index in [9.17, 15) is 8.42 Å². The summed E-state index contributed by atoms with van der Waals surface area (Å²) in [6.45, 7) is 1.84. The molecule has 0 heterocycles. The maximum Gasteiger partial charge on any atom is 0.241 e. The van der Waals surface area contributed by atoms with Crippen molar-refractivity contribution in [1.29, 1.82) is 0 Å².